The summed E-state index contributed by atoms with van der Waals surface area (Å²) in [6, 6.07) is 10.9. The van der Waals surface area contributed by atoms with Crippen molar-refractivity contribution in [3.63, 3.8) is 0 Å². The lowest BCUT2D eigenvalue weighted by atomic mass is 10.2. The number of benzene rings is 1. The molecule has 0 bridgehead atoms. The maximum absolute atomic E-state index is 12.2. The van der Waals surface area contributed by atoms with E-state index in [2.05, 4.69) is 40.8 Å². The molecular weight excluding hydrogens is 464 g/mol. The van der Waals surface area contributed by atoms with Crippen molar-refractivity contribution in [1.29, 1.82) is 0 Å². The summed E-state index contributed by atoms with van der Waals surface area (Å²) in [4.78, 5) is 31.9. The number of hydrogen-bond donors (Lipinski definition) is 3. The van der Waals surface area contributed by atoms with Crippen molar-refractivity contribution in [3.05, 3.63) is 48.9 Å². The second-order valence-corrected chi connectivity index (χ2v) is 9.60. The molecule has 35 heavy (non-hydrogen) atoms. The van der Waals surface area contributed by atoms with Crippen molar-refractivity contribution in [3.8, 4) is 5.88 Å². The molecule has 1 unspecified atom stereocenters. The van der Waals surface area contributed by atoms with Crippen LogP contribution in [0.5, 0.6) is 5.88 Å². The van der Waals surface area contributed by atoms with Crippen molar-refractivity contribution in [1.82, 2.24) is 25.2 Å². The molecule has 3 heterocycles. The maximum atomic E-state index is 12.2. The number of pyridine rings is 1. The van der Waals surface area contributed by atoms with Crippen LogP contribution < -0.4 is 20.7 Å². The van der Waals surface area contributed by atoms with Crippen LogP contribution in [-0.4, -0.2) is 76.6 Å². The monoisotopic (exact) mass is 494 g/mol. The molecule has 0 spiro atoms. The third kappa shape index (κ3) is 7.52. The van der Waals surface area contributed by atoms with Gasteiger partial charge in [0.1, 0.15) is 12.1 Å². The van der Waals surface area contributed by atoms with Gasteiger partial charge in [-0.25, -0.2) is 19.7 Å². The van der Waals surface area contributed by atoms with Gasteiger partial charge >= 0.3 is 6.03 Å². The summed E-state index contributed by atoms with van der Waals surface area (Å²) in [6.07, 6.45) is 5.09. The molecule has 184 valence electrons. The lowest BCUT2D eigenvalue weighted by Crippen LogP contribution is -2.32. The van der Waals surface area contributed by atoms with E-state index in [9.17, 15) is 4.79 Å². The van der Waals surface area contributed by atoms with Crippen LogP contribution in [0.15, 0.2) is 53.9 Å². The largest absolute Gasteiger partial charge is 0.478 e. The highest BCUT2D eigenvalue weighted by atomic mass is 32.2. The zero-order valence-electron chi connectivity index (χ0n) is 19.9. The number of fused-ring (bicyclic) bond motifs is 1. The molecule has 10 nitrogen and oxygen atoms in total. The number of carbonyl (C=O) groups excluding carboxylic acids is 1. The topological polar surface area (TPSA) is 117 Å². The first kappa shape index (κ1) is 24.7. The minimum Gasteiger partial charge on any atom is -0.478 e. The minimum absolute atomic E-state index is 0.280. The van der Waals surface area contributed by atoms with Crippen LogP contribution in [0, 0.1) is 0 Å². The Morgan fingerprint density at radius 1 is 1.17 bits per heavy atom. The third-order valence-electron chi connectivity index (χ3n) is 5.22. The number of nitrogens with one attached hydrogen (secondary N) is 3. The Morgan fingerprint density at radius 3 is 2.86 bits per heavy atom. The first-order chi connectivity index (χ1) is 17.1. The molecule has 3 N–H and O–H groups in total. The van der Waals surface area contributed by atoms with Crippen LogP contribution in [0.3, 0.4) is 0 Å². The van der Waals surface area contributed by atoms with Gasteiger partial charge in [-0.15, -0.1) is 0 Å². The van der Waals surface area contributed by atoms with E-state index in [1.165, 1.54) is 0 Å². The first-order valence-corrected chi connectivity index (χ1v) is 12.4. The summed E-state index contributed by atoms with van der Waals surface area (Å²) in [7, 11) is 4.08. The second kappa shape index (κ2) is 12.3. The van der Waals surface area contributed by atoms with Crippen molar-refractivity contribution in [2.24, 2.45) is 4.99 Å². The Kier molecular flexibility index (Phi) is 8.68. The van der Waals surface area contributed by atoms with Gasteiger partial charge in [0.2, 0.25) is 5.88 Å². The Balaban J connectivity index is 1.21. The second-order valence-electron chi connectivity index (χ2n) is 8.31. The lowest BCUT2D eigenvalue weighted by molar-refractivity contribution is 0.256. The summed E-state index contributed by atoms with van der Waals surface area (Å²) in [5.41, 5.74) is 1.53. The lowest BCUT2D eigenvalue weighted by Gasteiger charge is -2.12. The summed E-state index contributed by atoms with van der Waals surface area (Å²) in [6.45, 7) is 2.95. The number of carbonyl (C=O) groups is 1. The minimum atomic E-state index is -0.290. The fourth-order valence-electron chi connectivity index (χ4n) is 3.48. The standard InChI is InChI=1S/C24H30N8O2S/c1-32(2)11-6-12-34-21-13-20-19(15-26-21)22(29-16-28-20)25-10-9-18-14-27-24(35-18)31-23(33)30-17-7-4-3-5-8-17/h3-5,7-8,13,15-16,18H,6,9-12,14H2,1-2H3,(H,25,28,29)(H2,27,30,31,33). The number of para-hydroxylation sites is 1. The molecule has 1 aliphatic heterocycles. The van der Waals surface area contributed by atoms with Gasteiger partial charge in [0, 0.05) is 36.3 Å². The zero-order chi connectivity index (χ0) is 24.5. The number of nitrogens with zero attached hydrogens (tertiary/aromatic N) is 5. The predicted molar refractivity (Wildman–Crippen MR) is 141 cm³/mol. The predicted octanol–water partition coefficient (Wildman–Crippen LogP) is 3.45. The molecule has 3 aromatic rings. The van der Waals surface area contributed by atoms with E-state index in [4.69, 9.17) is 4.74 Å². The highest BCUT2D eigenvalue weighted by Crippen LogP contribution is 2.24. The number of aliphatic imine (C=N–C) groups is 1. The van der Waals surface area contributed by atoms with Crippen molar-refractivity contribution in [2.75, 3.05) is 51.0 Å². The molecule has 0 saturated carbocycles. The summed E-state index contributed by atoms with van der Waals surface area (Å²) in [5, 5.41) is 10.8. The third-order valence-corrected chi connectivity index (χ3v) is 6.40. The van der Waals surface area contributed by atoms with Crippen LogP contribution in [0.4, 0.5) is 16.3 Å². The number of amidine groups is 1. The Labute approximate surface area is 209 Å². The molecular formula is C24H30N8O2S. The number of ether oxygens (including phenoxy) is 1. The quantitative estimate of drug-likeness (QED) is 0.367. The van der Waals surface area contributed by atoms with Gasteiger partial charge in [-0.05, 0) is 39.1 Å². The molecule has 1 atom stereocenters. The highest BCUT2D eigenvalue weighted by molar-refractivity contribution is 8.14. The van der Waals surface area contributed by atoms with Gasteiger partial charge < -0.3 is 20.3 Å². The number of thioether (sulfide) groups is 1. The number of anilines is 2. The van der Waals surface area contributed by atoms with Crippen LogP contribution in [0.2, 0.25) is 0 Å². The molecule has 1 aromatic carbocycles. The van der Waals surface area contributed by atoms with Crippen LogP contribution in [0.1, 0.15) is 12.8 Å². The summed E-state index contributed by atoms with van der Waals surface area (Å²) < 4.78 is 5.76. The van der Waals surface area contributed by atoms with Crippen LogP contribution in [-0.2, 0) is 0 Å². The molecule has 0 fully saturated rings. The Bertz CT molecular complexity index is 1160. The van der Waals surface area contributed by atoms with Gasteiger partial charge in [0.05, 0.1) is 24.1 Å². The van der Waals surface area contributed by atoms with E-state index >= 15 is 0 Å². The first-order valence-electron chi connectivity index (χ1n) is 11.5. The number of rotatable bonds is 10. The van der Waals surface area contributed by atoms with E-state index in [0.717, 1.165) is 41.8 Å². The van der Waals surface area contributed by atoms with E-state index in [1.54, 1.807) is 24.3 Å². The van der Waals surface area contributed by atoms with E-state index in [1.807, 2.05) is 50.5 Å². The summed E-state index contributed by atoms with van der Waals surface area (Å²) >= 11 is 1.57. The zero-order valence-corrected chi connectivity index (χ0v) is 20.7. The molecule has 4 rings (SSSR count). The fourth-order valence-corrected chi connectivity index (χ4v) is 4.48. The van der Waals surface area contributed by atoms with Crippen LogP contribution in [0.25, 0.3) is 10.9 Å². The number of amides is 2. The molecule has 0 aliphatic carbocycles. The van der Waals surface area contributed by atoms with E-state index in [0.29, 0.717) is 30.7 Å². The Morgan fingerprint density at radius 2 is 2.03 bits per heavy atom. The molecule has 0 saturated heterocycles. The molecule has 0 radical (unpaired) electrons. The van der Waals surface area contributed by atoms with Gasteiger partial charge in [0.15, 0.2) is 5.17 Å². The number of urea groups is 1. The maximum Gasteiger partial charge on any atom is 0.325 e. The van der Waals surface area contributed by atoms with E-state index < -0.39 is 0 Å². The average molecular weight is 495 g/mol. The molecule has 2 amide bonds. The Hall–Kier alpha value is -3.44. The van der Waals surface area contributed by atoms with Crippen molar-refractivity contribution < 1.29 is 9.53 Å². The van der Waals surface area contributed by atoms with E-state index in [-0.39, 0.29) is 11.3 Å². The summed E-state index contributed by atoms with van der Waals surface area (Å²) in [5.74, 6) is 1.31. The smallest absolute Gasteiger partial charge is 0.325 e. The number of hydrogen-bond acceptors (Lipinski definition) is 9. The van der Waals surface area contributed by atoms with Crippen molar-refractivity contribution in [2.45, 2.75) is 18.1 Å². The van der Waals surface area contributed by atoms with Crippen molar-refractivity contribution >= 4 is 45.4 Å². The molecule has 1 aliphatic rings. The van der Waals surface area contributed by atoms with Crippen LogP contribution >= 0.6 is 11.8 Å². The normalized spacial score (nSPS) is 15.2. The highest BCUT2D eigenvalue weighted by Gasteiger charge is 2.21. The van der Waals surface area contributed by atoms with Gasteiger partial charge in [-0.1, -0.05) is 30.0 Å². The van der Waals surface area contributed by atoms with Gasteiger partial charge in [-0.2, -0.15) is 0 Å². The number of aromatic nitrogens is 3. The van der Waals surface area contributed by atoms with Gasteiger partial charge in [-0.3, -0.25) is 10.3 Å². The fraction of sp³-hybridized carbons (Fsp3) is 0.375. The van der Waals surface area contributed by atoms with Gasteiger partial charge in [0.25, 0.3) is 0 Å². The molecule has 11 heteroatoms. The SMILES string of the molecule is CN(C)CCCOc1cc2ncnc(NCCC3CN=C(NC(=O)Nc4ccccc4)S3)c2cn1. The average Bonchev–Trinajstić information content (AvgIpc) is 3.29. The molecule has 2 aromatic heterocycles.